The van der Waals surface area contributed by atoms with Crippen molar-refractivity contribution in [1.29, 1.82) is 0 Å². The molecular formula is C20H33N3O4. The van der Waals surface area contributed by atoms with E-state index in [1.165, 1.54) is 0 Å². The Kier molecular flexibility index (Phi) is 9.18. The number of carbonyl (C=O) groups excluding carboxylic acids is 2. The van der Waals surface area contributed by atoms with Gasteiger partial charge in [-0.1, -0.05) is 20.3 Å². The molecule has 2 heterocycles. The Morgan fingerprint density at radius 1 is 1.26 bits per heavy atom. The second-order valence-corrected chi connectivity index (χ2v) is 7.00. The van der Waals surface area contributed by atoms with Gasteiger partial charge in [-0.3, -0.25) is 4.79 Å². The first kappa shape index (κ1) is 21.3. The quantitative estimate of drug-likeness (QED) is 0.600. The Morgan fingerprint density at radius 3 is 2.74 bits per heavy atom. The molecule has 1 aliphatic heterocycles. The molecule has 27 heavy (non-hydrogen) atoms. The molecule has 1 unspecified atom stereocenters. The summed E-state index contributed by atoms with van der Waals surface area (Å²) in [5.41, 5.74) is 0. The number of rotatable bonds is 11. The summed E-state index contributed by atoms with van der Waals surface area (Å²) in [5, 5.41) is 2.90. The SMILES string of the molecule is CCCCNC(=O)N(CCC)CC(=O)N(Cc1ccco1)CC1CCCO1. The van der Waals surface area contributed by atoms with Crippen LogP contribution in [0.3, 0.4) is 0 Å². The van der Waals surface area contributed by atoms with Crippen LogP contribution in [0.15, 0.2) is 22.8 Å². The Balaban J connectivity index is 1.98. The fourth-order valence-electron chi connectivity index (χ4n) is 3.15. The summed E-state index contributed by atoms with van der Waals surface area (Å²) in [6.07, 6.45) is 6.40. The number of urea groups is 1. The van der Waals surface area contributed by atoms with Crippen molar-refractivity contribution in [2.75, 3.05) is 32.8 Å². The number of hydrogen-bond donors (Lipinski definition) is 1. The van der Waals surface area contributed by atoms with E-state index >= 15 is 0 Å². The highest BCUT2D eigenvalue weighted by atomic mass is 16.5. The molecule has 152 valence electrons. The van der Waals surface area contributed by atoms with Crippen LogP contribution in [0.1, 0.15) is 51.7 Å². The zero-order chi connectivity index (χ0) is 19.5. The van der Waals surface area contributed by atoms with Crippen molar-refractivity contribution in [3.05, 3.63) is 24.2 Å². The van der Waals surface area contributed by atoms with Crippen molar-refractivity contribution in [3.8, 4) is 0 Å². The van der Waals surface area contributed by atoms with Crippen molar-refractivity contribution in [2.24, 2.45) is 0 Å². The average molecular weight is 380 g/mol. The minimum atomic E-state index is -0.172. The predicted molar refractivity (Wildman–Crippen MR) is 103 cm³/mol. The molecule has 0 aliphatic carbocycles. The van der Waals surface area contributed by atoms with Crippen molar-refractivity contribution in [1.82, 2.24) is 15.1 Å². The van der Waals surface area contributed by atoms with Crippen LogP contribution in [0.4, 0.5) is 4.79 Å². The molecule has 1 aromatic heterocycles. The maximum Gasteiger partial charge on any atom is 0.317 e. The maximum atomic E-state index is 13.0. The molecule has 0 bridgehead atoms. The smallest absolute Gasteiger partial charge is 0.317 e. The summed E-state index contributed by atoms with van der Waals surface area (Å²) in [5.74, 6) is 0.650. The van der Waals surface area contributed by atoms with Gasteiger partial charge in [0.1, 0.15) is 12.3 Å². The molecular weight excluding hydrogens is 346 g/mol. The van der Waals surface area contributed by atoms with E-state index in [-0.39, 0.29) is 24.6 Å². The number of unbranched alkanes of at least 4 members (excludes halogenated alkanes) is 1. The van der Waals surface area contributed by atoms with Crippen LogP contribution in [0.5, 0.6) is 0 Å². The third kappa shape index (κ3) is 7.25. The number of ether oxygens (including phenoxy) is 1. The minimum absolute atomic E-state index is 0.0573. The van der Waals surface area contributed by atoms with Gasteiger partial charge in [0.25, 0.3) is 0 Å². The predicted octanol–water partition coefficient (Wildman–Crippen LogP) is 3.01. The standard InChI is InChI=1S/C20H33N3O4/c1-3-5-10-21-20(25)22(11-4-2)16-19(24)23(14-17-8-6-12-26-17)15-18-9-7-13-27-18/h6,8,12,18H,3-5,7,9-11,13-16H2,1-2H3,(H,21,25). The minimum Gasteiger partial charge on any atom is -0.467 e. The zero-order valence-electron chi connectivity index (χ0n) is 16.6. The van der Waals surface area contributed by atoms with Crippen LogP contribution in [0.25, 0.3) is 0 Å². The van der Waals surface area contributed by atoms with Crippen LogP contribution in [-0.2, 0) is 16.1 Å². The number of nitrogens with zero attached hydrogens (tertiary/aromatic N) is 2. The first-order chi connectivity index (χ1) is 13.1. The lowest BCUT2D eigenvalue weighted by Crippen LogP contribution is -2.48. The summed E-state index contributed by atoms with van der Waals surface area (Å²) in [6.45, 7) is 7.00. The highest BCUT2D eigenvalue weighted by Gasteiger charge is 2.26. The lowest BCUT2D eigenvalue weighted by Gasteiger charge is -2.28. The molecule has 7 heteroatoms. The van der Waals surface area contributed by atoms with E-state index in [2.05, 4.69) is 12.2 Å². The van der Waals surface area contributed by atoms with E-state index in [1.807, 2.05) is 19.1 Å². The molecule has 1 atom stereocenters. The zero-order valence-corrected chi connectivity index (χ0v) is 16.6. The fraction of sp³-hybridized carbons (Fsp3) is 0.700. The largest absolute Gasteiger partial charge is 0.467 e. The van der Waals surface area contributed by atoms with Crippen LogP contribution in [0, 0.1) is 0 Å². The van der Waals surface area contributed by atoms with Gasteiger partial charge in [0, 0.05) is 26.2 Å². The monoisotopic (exact) mass is 379 g/mol. The highest BCUT2D eigenvalue weighted by molar-refractivity contribution is 5.84. The molecule has 1 saturated heterocycles. The van der Waals surface area contributed by atoms with Gasteiger partial charge in [0.05, 0.1) is 18.9 Å². The van der Waals surface area contributed by atoms with E-state index in [9.17, 15) is 9.59 Å². The van der Waals surface area contributed by atoms with Gasteiger partial charge in [-0.2, -0.15) is 0 Å². The van der Waals surface area contributed by atoms with E-state index in [1.54, 1.807) is 16.1 Å². The Morgan fingerprint density at radius 2 is 2.11 bits per heavy atom. The third-order valence-corrected chi connectivity index (χ3v) is 4.64. The van der Waals surface area contributed by atoms with E-state index < -0.39 is 0 Å². The van der Waals surface area contributed by atoms with Crippen LogP contribution in [-0.4, -0.2) is 60.6 Å². The molecule has 1 aromatic rings. The maximum absolute atomic E-state index is 13.0. The summed E-state index contributed by atoms with van der Waals surface area (Å²) >= 11 is 0. The van der Waals surface area contributed by atoms with Crippen LogP contribution >= 0.6 is 0 Å². The number of carbonyl (C=O) groups is 2. The first-order valence-corrected chi connectivity index (χ1v) is 10.1. The molecule has 2 rings (SSSR count). The second-order valence-electron chi connectivity index (χ2n) is 7.00. The summed E-state index contributed by atoms with van der Waals surface area (Å²) in [7, 11) is 0. The van der Waals surface area contributed by atoms with Gasteiger partial charge >= 0.3 is 6.03 Å². The van der Waals surface area contributed by atoms with Crippen molar-refractivity contribution >= 4 is 11.9 Å². The van der Waals surface area contributed by atoms with Crippen molar-refractivity contribution < 1.29 is 18.7 Å². The van der Waals surface area contributed by atoms with Gasteiger partial charge in [-0.15, -0.1) is 0 Å². The number of hydrogen-bond acceptors (Lipinski definition) is 4. The summed E-state index contributed by atoms with van der Waals surface area (Å²) < 4.78 is 11.1. The average Bonchev–Trinajstić information content (AvgIpc) is 3.35. The van der Waals surface area contributed by atoms with Crippen LogP contribution < -0.4 is 5.32 Å². The summed E-state index contributed by atoms with van der Waals surface area (Å²) in [4.78, 5) is 28.8. The van der Waals surface area contributed by atoms with E-state index in [0.717, 1.165) is 44.5 Å². The molecule has 1 aliphatic rings. The Hall–Kier alpha value is -2.02. The molecule has 0 saturated carbocycles. The molecule has 0 spiro atoms. The van der Waals surface area contributed by atoms with Gasteiger partial charge < -0.3 is 24.3 Å². The molecule has 1 N–H and O–H groups in total. The molecule has 7 nitrogen and oxygen atoms in total. The third-order valence-electron chi connectivity index (χ3n) is 4.64. The van der Waals surface area contributed by atoms with Gasteiger partial charge in [0.15, 0.2) is 0 Å². The highest BCUT2D eigenvalue weighted by Crippen LogP contribution is 2.16. The van der Waals surface area contributed by atoms with Gasteiger partial charge in [0.2, 0.25) is 5.91 Å². The lowest BCUT2D eigenvalue weighted by molar-refractivity contribution is -0.134. The molecule has 3 amide bonds. The topological polar surface area (TPSA) is 75.0 Å². The Labute approximate surface area is 162 Å². The number of nitrogens with one attached hydrogen (secondary N) is 1. The number of furan rings is 1. The number of amides is 3. The van der Waals surface area contributed by atoms with Crippen molar-refractivity contribution in [3.63, 3.8) is 0 Å². The lowest BCUT2D eigenvalue weighted by atomic mass is 10.2. The van der Waals surface area contributed by atoms with Gasteiger partial charge in [-0.05, 0) is 37.8 Å². The Bertz CT molecular complexity index is 556. The van der Waals surface area contributed by atoms with Crippen molar-refractivity contribution in [2.45, 2.75) is 58.6 Å². The fourth-order valence-corrected chi connectivity index (χ4v) is 3.15. The molecule has 1 fully saturated rings. The van der Waals surface area contributed by atoms with E-state index in [4.69, 9.17) is 9.15 Å². The first-order valence-electron chi connectivity index (χ1n) is 10.1. The second kappa shape index (κ2) is 11.6. The van der Waals surface area contributed by atoms with E-state index in [0.29, 0.717) is 26.2 Å². The molecule has 0 aromatic carbocycles. The molecule has 0 radical (unpaired) electrons. The van der Waals surface area contributed by atoms with Gasteiger partial charge in [-0.25, -0.2) is 4.79 Å². The summed E-state index contributed by atoms with van der Waals surface area (Å²) in [6, 6.07) is 3.50. The van der Waals surface area contributed by atoms with Crippen LogP contribution in [0.2, 0.25) is 0 Å². The normalized spacial score (nSPS) is 16.3.